The molecule has 0 saturated carbocycles. The van der Waals surface area contributed by atoms with Gasteiger partial charge in [-0.05, 0) is 36.4 Å². The van der Waals surface area contributed by atoms with Crippen LogP contribution in [0.15, 0.2) is 53.4 Å². The second kappa shape index (κ2) is 8.59. The van der Waals surface area contributed by atoms with Crippen molar-refractivity contribution in [1.82, 2.24) is 4.31 Å². The molecule has 0 aromatic heterocycles. The number of halogens is 1. The number of hydrogen-bond donors (Lipinski definition) is 0. The van der Waals surface area contributed by atoms with Gasteiger partial charge in [0, 0.05) is 13.1 Å². The number of esters is 1. The molecule has 2 aromatic rings. The minimum absolute atomic E-state index is 0.0494. The van der Waals surface area contributed by atoms with Crippen molar-refractivity contribution in [2.45, 2.75) is 4.90 Å². The maximum absolute atomic E-state index is 13.6. The number of ketones is 1. The highest BCUT2D eigenvalue weighted by Crippen LogP contribution is 2.18. The van der Waals surface area contributed by atoms with Gasteiger partial charge in [0.15, 0.2) is 6.61 Å². The average molecular weight is 407 g/mol. The summed E-state index contributed by atoms with van der Waals surface area (Å²) >= 11 is 0. The lowest BCUT2D eigenvalue weighted by Crippen LogP contribution is -2.40. The Kier molecular flexibility index (Phi) is 6.18. The molecule has 3 rings (SSSR count). The van der Waals surface area contributed by atoms with Crippen LogP contribution >= 0.6 is 0 Å². The van der Waals surface area contributed by atoms with Gasteiger partial charge in [0.2, 0.25) is 15.8 Å². The second-order valence-corrected chi connectivity index (χ2v) is 7.96. The van der Waals surface area contributed by atoms with E-state index in [0.717, 1.165) is 6.07 Å². The first-order valence-electron chi connectivity index (χ1n) is 8.52. The van der Waals surface area contributed by atoms with Gasteiger partial charge < -0.3 is 9.47 Å². The second-order valence-electron chi connectivity index (χ2n) is 6.02. The van der Waals surface area contributed by atoms with Crippen molar-refractivity contribution in [3.8, 4) is 0 Å². The first-order valence-corrected chi connectivity index (χ1v) is 9.96. The summed E-state index contributed by atoms with van der Waals surface area (Å²) in [6.45, 7) is 0.585. The van der Waals surface area contributed by atoms with E-state index in [1.807, 2.05) is 0 Å². The number of hydrogen-bond acceptors (Lipinski definition) is 6. The minimum atomic E-state index is -3.67. The lowest BCUT2D eigenvalue weighted by Gasteiger charge is -2.26. The fraction of sp³-hybridized carbons (Fsp3) is 0.263. The van der Waals surface area contributed by atoms with E-state index in [4.69, 9.17) is 9.47 Å². The van der Waals surface area contributed by atoms with Crippen LogP contribution in [0.4, 0.5) is 4.39 Å². The molecule has 0 aliphatic carbocycles. The predicted octanol–water partition coefficient (Wildman–Crippen LogP) is 1.89. The maximum atomic E-state index is 13.6. The molecule has 1 aliphatic heterocycles. The van der Waals surface area contributed by atoms with Crippen molar-refractivity contribution < 1.29 is 31.9 Å². The number of morpholine rings is 1. The van der Waals surface area contributed by atoms with E-state index < -0.39 is 34.2 Å². The number of Topliss-reactive ketones (excluding diaryl/α,β-unsaturated/α-hetero) is 1. The molecule has 1 fully saturated rings. The van der Waals surface area contributed by atoms with E-state index in [9.17, 15) is 22.4 Å². The molecule has 7 nitrogen and oxygen atoms in total. The van der Waals surface area contributed by atoms with Gasteiger partial charge in [0.1, 0.15) is 5.82 Å². The van der Waals surface area contributed by atoms with Crippen molar-refractivity contribution in [2.75, 3.05) is 32.9 Å². The third-order valence-electron chi connectivity index (χ3n) is 4.21. The Morgan fingerprint density at radius 1 is 1.04 bits per heavy atom. The smallest absolute Gasteiger partial charge is 0.338 e. The van der Waals surface area contributed by atoms with Gasteiger partial charge in [-0.3, -0.25) is 4.79 Å². The molecule has 1 heterocycles. The van der Waals surface area contributed by atoms with E-state index >= 15 is 0 Å². The van der Waals surface area contributed by atoms with E-state index in [0.29, 0.717) is 13.2 Å². The summed E-state index contributed by atoms with van der Waals surface area (Å²) in [4.78, 5) is 24.1. The molecule has 0 amide bonds. The van der Waals surface area contributed by atoms with Gasteiger partial charge in [-0.25, -0.2) is 17.6 Å². The maximum Gasteiger partial charge on any atom is 0.338 e. The molecular weight excluding hydrogens is 389 g/mol. The largest absolute Gasteiger partial charge is 0.454 e. The average Bonchev–Trinajstić information content (AvgIpc) is 2.73. The fourth-order valence-electron chi connectivity index (χ4n) is 2.68. The van der Waals surface area contributed by atoms with E-state index in [1.165, 1.54) is 46.8 Å². The molecule has 1 saturated heterocycles. The Hall–Kier alpha value is -2.62. The number of benzene rings is 2. The van der Waals surface area contributed by atoms with Crippen LogP contribution in [0.2, 0.25) is 0 Å². The van der Waals surface area contributed by atoms with Crippen LogP contribution in [-0.4, -0.2) is 57.4 Å². The normalized spacial score (nSPS) is 15.2. The molecule has 0 radical (unpaired) electrons. The van der Waals surface area contributed by atoms with Crippen LogP contribution in [0.1, 0.15) is 20.7 Å². The molecule has 2 aromatic carbocycles. The highest BCUT2D eigenvalue weighted by molar-refractivity contribution is 7.89. The molecule has 1 aliphatic rings. The monoisotopic (exact) mass is 407 g/mol. The summed E-state index contributed by atoms with van der Waals surface area (Å²) in [6.07, 6.45) is 0. The number of nitrogens with zero attached hydrogens (tertiary/aromatic N) is 1. The third-order valence-corrected chi connectivity index (χ3v) is 6.12. The highest BCUT2D eigenvalue weighted by Gasteiger charge is 2.26. The number of sulfonamides is 1. The molecule has 0 unspecified atom stereocenters. The lowest BCUT2D eigenvalue weighted by atomic mass is 10.1. The summed E-state index contributed by atoms with van der Waals surface area (Å²) in [5, 5.41) is 0. The van der Waals surface area contributed by atoms with Gasteiger partial charge in [0.05, 0.1) is 29.2 Å². The Labute approximate surface area is 161 Å². The zero-order valence-electron chi connectivity index (χ0n) is 14.8. The quantitative estimate of drug-likeness (QED) is 0.537. The van der Waals surface area contributed by atoms with E-state index in [1.54, 1.807) is 0 Å². The number of carbonyl (C=O) groups is 2. The number of carbonyl (C=O) groups excluding carboxylic acids is 2. The van der Waals surface area contributed by atoms with Crippen LogP contribution < -0.4 is 0 Å². The van der Waals surface area contributed by atoms with Gasteiger partial charge in [0.25, 0.3) is 0 Å². The Bertz CT molecular complexity index is 968. The molecule has 0 spiro atoms. The Morgan fingerprint density at radius 2 is 1.68 bits per heavy atom. The Morgan fingerprint density at radius 3 is 2.32 bits per heavy atom. The molecule has 28 heavy (non-hydrogen) atoms. The lowest BCUT2D eigenvalue weighted by molar-refractivity contribution is 0.0473. The number of ether oxygens (including phenoxy) is 2. The highest BCUT2D eigenvalue weighted by atomic mass is 32.2. The first-order chi connectivity index (χ1) is 13.4. The SMILES string of the molecule is O=C(OCC(=O)c1ccccc1F)c1ccc(S(=O)(=O)N2CCOCC2)cc1. The van der Waals surface area contributed by atoms with Gasteiger partial charge >= 0.3 is 5.97 Å². The zero-order valence-corrected chi connectivity index (χ0v) is 15.7. The Balaban J connectivity index is 1.64. The number of rotatable bonds is 6. The summed E-state index contributed by atoms with van der Waals surface area (Å²) in [5.74, 6) is -2.17. The van der Waals surface area contributed by atoms with Gasteiger partial charge in [-0.1, -0.05) is 12.1 Å². The van der Waals surface area contributed by atoms with E-state index in [-0.39, 0.29) is 29.1 Å². The molecule has 9 heteroatoms. The summed E-state index contributed by atoms with van der Waals surface area (Å²) in [5.41, 5.74) is -0.0792. The van der Waals surface area contributed by atoms with Crippen molar-refractivity contribution in [3.63, 3.8) is 0 Å². The van der Waals surface area contributed by atoms with Gasteiger partial charge in [-0.15, -0.1) is 0 Å². The third kappa shape index (κ3) is 4.44. The summed E-state index contributed by atoms with van der Waals surface area (Å²) in [6, 6.07) is 10.6. The van der Waals surface area contributed by atoms with Crippen LogP contribution in [0, 0.1) is 5.82 Å². The molecule has 148 valence electrons. The summed E-state index contributed by atoms with van der Waals surface area (Å²) < 4.78 is 50.0. The topological polar surface area (TPSA) is 90.0 Å². The molecule has 0 N–H and O–H groups in total. The summed E-state index contributed by atoms with van der Waals surface area (Å²) in [7, 11) is -3.67. The van der Waals surface area contributed by atoms with Crippen molar-refractivity contribution in [2.24, 2.45) is 0 Å². The zero-order chi connectivity index (χ0) is 20.1. The van der Waals surface area contributed by atoms with Crippen molar-refractivity contribution in [3.05, 3.63) is 65.5 Å². The molecule has 0 atom stereocenters. The van der Waals surface area contributed by atoms with Crippen LogP contribution in [0.25, 0.3) is 0 Å². The van der Waals surface area contributed by atoms with Crippen LogP contribution in [0.5, 0.6) is 0 Å². The fourth-order valence-corrected chi connectivity index (χ4v) is 4.09. The van der Waals surface area contributed by atoms with Gasteiger partial charge in [-0.2, -0.15) is 4.31 Å². The van der Waals surface area contributed by atoms with Crippen LogP contribution in [0.3, 0.4) is 0 Å². The van der Waals surface area contributed by atoms with Crippen molar-refractivity contribution in [1.29, 1.82) is 0 Å². The molecule has 0 bridgehead atoms. The first kappa shape index (κ1) is 20.1. The van der Waals surface area contributed by atoms with Crippen molar-refractivity contribution >= 4 is 21.8 Å². The molecular formula is C19H18FNO6S. The minimum Gasteiger partial charge on any atom is -0.454 e. The van der Waals surface area contributed by atoms with E-state index in [2.05, 4.69) is 0 Å². The standard InChI is InChI=1S/C19H18FNO6S/c20-17-4-2-1-3-16(17)18(22)13-27-19(23)14-5-7-15(8-6-14)28(24,25)21-9-11-26-12-10-21/h1-8H,9-13H2. The van der Waals surface area contributed by atoms with Crippen LogP contribution in [-0.2, 0) is 19.5 Å². The predicted molar refractivity (Wildman–Crippen MR) is 97.0 cm³/mol.